The number of rotatable bonds is 5. The van der Waals surface area contributed by atoms with Crippen LogP contribution in [0, 0.1) is 0 Å². The molecule has 2 aromatic carbocycles. The molecule has 5 nitrogen and oxygen atoms in total. The van der Waals surface area contributed by atoms with Gasteiger partial charge >= 0.3 is 5.56 Å². The van der Waals surface area contributed by atoms with Gasteiger partial charge in [0, 0.05) is 0 Å². The fourth-order valence-electron chi connectivity index (χ4n) is 3.49. The van der Waals surface area contributed by atoms with Crippen molar-refractivity contribution in [3.8, 4) is 5.75 Å². The van der Waals surface area contributed by atoms with Crippen LogP contribution in [0.1, 0.15) is 29.2 Å². The molecule has 5 heteroatoms. The van der Waals surface area contributed by atoms with Crippen molar-refractivity contribution in [2.45, 2.75) is 25.4 Å². The van der Waals surface area contributed by atoms with E-state index in [4.69, 9.17) is 4.74 Å². The van der Waals surface area contributed by atoms with E-state index in [1.165, 1.54) is 18.2 Å². The number of methoxy groups -OCH3 is 1. The van der Waals surface area contributed by atoms with E-state index in [1.807, 2.05) is 22.8 Å². The summed E-state index contributed by atoms with van der Waals surface area (Å²) in [7, 11) is 1.49. The normalized spacial score (nSPS) is 15.5. The highest BCUT2D eigenvalue weighted by Gasteiger charge is 2.23. The lowest BCUT2D eigenvalue weighted by Crippen LogP contribution is -2.21. The molecule has 1 N–H and O–H groups in total. The van der Waals surface area contributed by atoms with Crippen molar-refractivity contribution < 1.29 is 4.74 Å². The summed E-state index contributed by atoms with van der Waals surface area (Å²) in [6, 6.07) is 18.7. The molecule has 1 heterocycles. The first-order valence-corrected chi connectivity index (χ1v) is 8.78. The largest absolute Gasteiger partial charge is 0.490 e. The average Bonchev–Trinajstić information content (AvgIpc) is 3.08. The highest BCUT2D eigenvalue weighted by Crippen LogP contribution is 2.33. The summed E-state index contributed by atoms with van der Waals surface area (Å²) in [4.78, 5) is 16.5. The Morgan fingerprint density at radius 1 is 1.15 bits per heavy atom. The third-order valence-electron chi connectivity index (χ3n) is 4.82. The molecule has 3 aromatic rings. The predicted molar refractivity (Wildman–Crippen MR) is 102 cm³/mol. The fourth-order valence-corrected chi connectivity index (χ4v) is 3.49. The minimum absolute atomic E-state index is 0.161. The van der Waals surface area contributed by atoms with Crippen LogP contribution in [0.25, 0.3) is 0 Å². The molecule has 0 fully saturated rings. The third kappa shape index (κ3) is 3.20. The van der Waals surface area contributed by atoms with E-state index in [1.54, 1.807) is 6.20 Å². The van der Waals surface area contributed by atoms with Crippen molar-refractivity contribution in [1.82, 2.24) is 9.55 Å². The highest BCUT2D eigenvalue weighted by molar-refractivity contribution is 5.42. The van der Waals surface area contributed by atoms with Crippen molar-refractivity contribution in [3.63, 3.8) is 0 Å². The van der Waals surface area contributed by atoms with E-state index in [2.05, 4.69) is 46.7 Å². The van der Waals surface area contributed by atoms with Crippen LogP contribution in [-0.4, -0.2) is 16.7 Å². The number of nitrogens with zero attached hydrogens (tertiary/aromatic N) is 2. The van der Waals surface area contributed by atoms with Gasteiger partial charge in [-0.2, -0.15) is 4.98 Å². The van der Waals surface area contributed by atoms with E-state index in [-0.39, 0.29) is 17.4 Å². The minimum Gasteiger partial charge on any atom is -0.490 e. The van der Waals surface area contributed by atoms with Crippen LogP contribution in [0.4, 0.5) is 5.95 Å². The first-order valence-electron chi connectivity index (χ1n) is 8.78. The molecular weight excluding hydrogens is 326 g/mol. The zero-order valence-electron chi connectivity index (χ0n) is 14.7. The molecule has 0 radical (unpaired) electrons. The van der Waals surface area contributed by atoms with E-state index in [0.717, 1.165) is 18.4 Å². The van der Waals surface area contributed by atoms with Gasteiger partial charge in [-0.25, -0.2) is 0 Å². The van der Waals surface area contributed by atoms with Gasteiger partial charge in [0.15, 0.2) is 0 Å². The van der Waals surface area contributed by atoms with Gasteiger partial charge in [-0.15, -0.1) is 0 Å². The van der Waals surface area contributed by atoms with Crippen LogP contribution in [0.15, 0.2) is 65.6 Å². The summed E-state index contributed by atoms with van der Waals surface area (Å²) in [5, 5.41) is 3.47. The second-order valence-electron chi connectivity index (χ2n) is 6.49. The molecule has 1 aliphatic rings. The number of benzene rings is 2. The van der Waals surface area contributed by atoms with Crippen molar-refractivity contribution in [2.24, 2.45) is 0 Å². The van der Waals surface area contributed by atoms with Crippen LogP contribution in [0.3, 0.4) is 0 Å². The summed E-state index contributed by atoms with van der Waals surface area (Å²) in [6.45, 7) is 0.612. The van der Waals surface area contributed by atoms with Crippen molar-refractivity contribution in [2.75, 3.05) is 12.4 Å². The molecule has 0 unspecified atom stereocenters. The maximum atomic E-state index is 12.2. The topological polar surface area (TPSA) is 56.1 Å². The number of nitrogens with one attached hydrogen (secondary N) is 1. The second kappa shape index (κ2) is 7.04. The predicted octanol–water partition coefficient (Wildman–Crippen LogP) is 3.40. The standard InChI is InChI=1S/C21H21N3O2/c1-26-19-14-24(13-15-7-3-2-4-8-15)21(23-20(19)25)22-18-12-11-16-9-5-6-10-17(16)18/h2-10,14,18H,11-13H2,1H3,(H,22,23,25)/t18-/m1/s1. The van der Waals surface area contributed by atoms with E-state index in [0.29, 0.717) is 12.5 Å². The molecule has 0 saturated heterocycles. The summed E-state index contributed by atoms with van der Waals surface area (Å²) in [5.41, 5.74) is 3.42. The number of ether oxygens (including phenoxy) is 1. The lowest BCUT2D eigenvalue weighted by molar-refractivity contribution is 0.402. The maximum Gasteiger partial charge on any atom is 0.316 e. The van der Waals surface area contributed by atoms with Gasteiger partial charge in [0.05, 0.1) is 25.9 Å². The Bertz CT molecular complexity index is 966. The number of hydrogen-bond donors (Lipinski definition) is 1. The fraction of sp³-hybridized carbons (Fsp3) is 0.238. The Hall–Kier alpha value is -3.08. The Morgan fingerprint density at radius 3 is 2.73 bits per heavy atom. The quantitative estimate of drug-likeness (QED) is 0.768. The van der Waals surface area contributed by atoms with Crippen LogP contribution < -0.4 is 15.6 Å². The van der Waals surface area contributed by atoms with Gasteiger partial charge in [-0.1, -0.05) is 54.6 Å². The average molecular weight is 347 g/mol. The van der Waals surface area contributed by atoms with Gasteiger partial charge < -0.3 is 14.6 Å². The van der Waals surface area contributed by atoms with E-state index in [9.17, 15) is 4.79 Å². The SMILES string of the molecule is COc1cn(Cc2ccccc2)c(N[C@@H]2CCc3ccccc32)nc1=O. The zero-order valence-corrected chi connectivity index (χ0v) is 14.7. The second-order valence-corrected chi connectivity index (χ2v) is 6.49. The number of hydrogen-bond acceptors (Lipinski definition) is 4. The summed E-state index contributed by atoms with van der Waals surface area (Å²) < 4.78 is 7.12. The Labute approximate surface area is 152 Å². The van der Waals surface area contributed by atoms with Crippen molar-refractivity contribution >= 4 is 5.95 Å². The van der Waals surface area contributed by atoms with Gasteiger partial charge in [0.2, 0.25) is 11.7 Å². The van der Waals surface area contributed by atoms with Gasteiger partial charge in [0.1, 0.15) is 0 Å². The Balaban J connectivity index is 1.69. The number of anilines is 1. The monoisotopic (exact) mass is 347 g/mol. The molecule has 1 atom stereocenters. The summed E-state index contributed by atoms with van der Waals surface area (Å²) >= 11 is 0. The maximum absolute atomic E-state index is 12.2. The number of aryl methyl sites for hydroxylation is 1. The molecule has 1 aromatic heterocycles. The first-order chi connectivity index (χ1) is 12.7. The summed E-state index contributed by atoms with van der Waals surface area (Å²) in [5.74, 6) is 0.819. The number of aromatic nitrogens is 2. The molecule has 1 aliphatic carbocycles. The minimum atomic E-state index is -0.356. The van der Waals surface area contributed by atoms with Gasteiger partial charge in [-0.05, 0) is 29.5 Å². The van der Waals surface area contributed by atoms with Crippen LogP contribution >= 0.6 is 0 Å². The molecule has 26 heavy (non-hydrogen) atoms. The lowest BCUT2D eigenvalue weighted by atomic mass is 10.1. The molecule has 0 amide bonds. The molecule has 0 aliphatic heterocycles. The number of fused-ring (bicyclic) bond motifs is 1. The van der Waals surface area contributed by atoms with Crippen LogP contribution in [0.5, 0.6) is 5.75 Å². The van der Waals surface area contributed by atoms with Gasteiger partial charge in [0.25, 0.3) is 0 Å². The summed E-state index contributed by atoms with van der Waals surface area (Å²) in [6.07, 6.45) is 3.75. The molecular formula is C21H21N3O2. The zero-order chi connectivity index (χ0) is 17.9. The van der Waals surface area contributed by atoms with Crippen molar-refractivity contribution in [1.29, 1.82) is 0 Å². The highest BCUT2D eigenvalue weighted by atomic mass is 16.5. The molecule has 0 spiro atoms. The smallest absolute Gasteiger partial charge is 0.316 e. The Kier molecular flexibility index (Phi) is 4.44. The van der Waals surface area contributed by atoms with Gasteiger partial charge in [-0.3, -0.25) is 4.79 Å². The first kappa shape index (κ1) is 16.4. The van der Waals surface area contributed by atoms with Crippen LogP contribution in [-0.2, 0) is 13.0 Å². The molecule has 4 rings (SSSR count). The van der Waals surface area contributed by atoms with E-state index >= 15 is 0 Å². The van der Waals surface area contributed by atoms with Crippen molar-refractivity contribution in [3.05, 3.63) is 87.8 Å². The lowest BCUT2D eigenvalue weighted by Gasteiger charge is -2.19. The van der Waals surface area contributed by atoms with Crippen LogP contribution in [0.2, 0.25) is 0 Å². The third-order valence-corrected chi connectivity index (χ3v) is 4.82. The molecule has 132 valence electrons. The molecule has 0 bridgehead atoms. The molecule has 0 saturated carbocycles. The van der Waals surface area contributed by atoms with E-state index < -0.39 is 0 Å². The Morgan fingerprint density at radius 2 is 1.92 bits per heavy atom.